The highest BCUT2D eigenvalue weighted by molar-refractivity contribution is 6.15. The van der Waals surface area contributed by atoms with Gasteiger partial charge in [-0.1, -0.05) is 18.2 Å². The molecule has 36 heavy (non-hydrogen) atoms. The molecular formula is C29H28N2O5. The van der Waals surface area contributed by atoms with Crippen LogP contribution in [0.4, 0.5) is 0 Å². The zero-order valence-electron chi connectivity index (χ0n) is 20.1. The molecule has 0 amide bonds. The molecule has 6 rings (SSSR count). The number of phenolic OH excluding ortho intramolecular Hbond substituents is 1. The fourth-order valence-electron chi connectivity index (χ4n) is 5.78. The first-order chi connectivity index (χ1) is 17.5. The Morgan fingerprint density at radius 1 is 1.06 bits per heavy atom. The van der Waals surface area contributed by atoms with Gasteiger partial charge in [0.15, 0.2) is 5.76 Å². The van der Waals surface area contributed by atoms with E-state index < -0.39 is 0 Å². The molecule has 2 atom stereocenters. The fraction of sp³-hybridized carbons (Fsp3) is 0.310. The lowest BCUT2D eigenvalue weighted by molar-refractivity contribution is 0.101. The molecule has 3 aliphatic rings. The van der Waals surface area contributed by atoms with Crippen molar-refractivity contribution in [3.05, 3.63) is 93.1 Å². The van der Waals surface area contributed by atoms with Gasteiger partial charge in [0, 0.05) is 43.9 Å². The highest BCUT2D eigenvalue weighted by Crippen LogP contribution is 2.42. The molecule has 1 aromatic heterocycles. The maximum absolute atomic E-state index is 13.1. The van der Waals surface area contributed by atoms with Gasteiger partial charge in [-0.3, -0.25) is 14.5 Å². The number of Topliss-reactive ketones (excluding diaryl/α,β-unsaturated/α-hetero) is 1. The lowest BCUT2D eigenvalue weighted by atomic mass is 9.83. The number of hydrogen-bond donors (Lipinski definition) is 1. The molecule has 3 aliphatic heterocycles. The number of benzene rings is 2. The average Bonchev–Trinajstić information content (AvgIpc) is 3.18. The Kier molecular flexibility index (Phi) is 5.64. The Morgan fingerprint density at radius 3 is 2.69 bits per heavy atom. The summed E-state index contributed by atoms with van der Waals surface area (Å²) in [6, 6.07) is 16.2. The van der Waals surface area contributed by atoms with Gasteiger partial charge in [0.2, 0.25) is 5.78 Å². The second-order valence-corrected chi connectivity index (χ2v) is 9.77. The summed E-state index contributed by atoms with van der Waals surface area (Å²) in [6.07, 6.45) is 2.78. The van der Waals surface area contributed by atoms with E-state index in [1.807, 2.05) is 47.9 Å². The summed E-state index contributed by atoms with van der Waals surface area (Å²) < 4.78 is 13.5. The van der Waals surface area contributed by atoms with Crippen LogP contribution in [0.15, 0.2) is 65.2 Å². The molecule has 1 saturated heterocycles. The molecule has 0 unspecified atom stereocenters. The predicted molar refractivity (Wildman–Crippen MR) is 135 cm³/mol. The highest BCUT2D eigenvalue weighted by Gasteiger charge is 2.36. The van der Waals surface area contributed by atoms with Crippen LogP contribution in [-0.4, -0.2) is 40.1 Å². The van der Waals surface area contributed by atoms with Crippen LogP contribution in [0.5, 0.6) is 17.2 Å². The molecule has 2 aromatic carbocycles. The average molecular weight is 485 g/mol. The van der Waals surface area contributed by atoms with Crippen molar-refractivity contribution in [2.24, 2.45) is 5.92 Å². The van der Waals surface area contributed by atoms with Gasteiger partial charge in [-0.05, 0) is 61.2 Å². The molecule has 2 bridgehead atoms. The minimum Gasteiger partial charge on any atom is -0.507 e. The van der Waals surface area contributed by atoms with E-state index in [4.69, 9.17) is 9.47 Å². The third kappa shape index (κ3) is 3.99. The Morgan fingerprint density at radius 2 is 1.89 bits per heavy atom. The maximum atomic E-state index is 13.1. The van der Waals surface area contributed by atoms with E-state index in [0.717, 1.165) is 36.5 Å². The van der Waals surface area contributed by atoms with Crippen molar-refractivity contribution in [3.63, 3.8) is 0 Å². The second-order valence-electron chi connectivity index (χ2n) is 9.77. The van der Waals surface area contributed by atoms with Crippen LogP contribution in [0.3, 0.4) is 0 Å². The van der Waals surface area contributed by atoms with Gasteiger partial charge in [0.1, 0.15) is 17.2 Å². The smallest absolute Gasteiger partial charge is 0.250 e. The first kappa shape index (κ1) is 22.6. The van der Waals surface area contributed by atoms with Crippen LogP contribution in [-0.2, 0) is 13.1 Å². The lowest BCUT2D eigenvalue weighted by Gasteiger charge is -2.42. The quantitative estimate of drug-likeness (QED) is 0.547. The number of piperidine rings is 1. The Hall–Kier alpha value is -3.84. The van der Waals surface area contributed by atoms with Crippen molar-refractivity contribution >= 4 is 11.9 Å². The van der Waals surface area contributed by atoms with Crippen LogP contribution in [0.1, 0.15) is 46.4 Å². The summed E-state index contributed by atoms with van der Waals surface area (Å²) >= 11 is 0. The van der Waals surface area contributed by atoms with Crippen LogP contribution >= 0.6 is 0 Å². The first-order valence-corrected chi connectivity index (χ1v) is 12.4. The molecule has 184 valence electrons. The number of carbonyl (C=O) groups is 1. The third-order valence-electron chi connectivity index (χ3n) is 7.34. The number of aromatic nitrogens is 1. The van der Waals surface area contributed by atoms with Gasteiger partial charge in [0.05, 0.1) is 17.7 Å². The van der Waals surface area contributed by atoms with E-state index in [1.54, 1.807) is 24.3 Å². The van der Waals surface area contributed by atoms with E-state index in [0.29, 0.717) is 42.5 Å². The van der Waals surface area contributed by atoms with E-state index in [9.17, 15) is 14.7 Å². The van der Waals surface area contributed by atoms with Gasteiger partial charge >= 0.3 is 0 Å². The Bertz CT molecular complexity index is 1420. The van der Waals surface area contributed by atoms with E-state index in [2.05, 4.69) is 4.90 Å². The second kappa shape index (κ2) is 8.99. The van der Waals surface area contributed by atoms with E-state index in [-0.39, 0.29) is 28.8 Å². The molecule has 4 heterocycles. The number of ketones is 1. The molecule has 0 spiro atoms. The summed E-state index contributed by atoms with van der Waals surface area (Å²) in [6.45, 7) is 5.32. The number of hydrogen-bond acceptors (Lipinski definition) is 6. The Labute approximate surface area is 209 Å². The predicted octanol–water partition coefficient (Wildman–Crippen LogP) is 4.19. The summed E-state index contributed by atoms with van der Waals surface area (Å²) in [5.74, 6) is 2.01. The minimum absolute atomic E-state index is 0.0629. The highest BCUT2D eigenvalue weighted by atomic mass is 16.5. The molecule has 0 aliphatic carbocycles. The van der Waals surface area contributed by atoms with Crippen molar-refractivity contribution in [2.75, 3.05) is 19.7 Å². The molecule has 7 heteroatoms. The first-order valence-electron chi connectivity index (χ1n) is 12.4. The fourth-order valence-corrected chi connectivity index (χ4v) is 5.78. The summed E-state index contributed by atoms with van der Waals surface area (Å²) in [5, 5.41) is 10.7. The van der Waals surface area contributed by atoms with E-state index in [1.165, 1.54) is 0 Å². The number of aromatic hydroxyl groups is 1. The number of allylic oxidation sites excluding steroid dienone is 1. The van der Waals surface area contributed by atoms with Crippen molar-refractivity contribution in [2.45, 2.75) is 32.4 Å². The maximum Gasteiger partial charge on any atom is 0.250 e. The topological polar surface area (TPSA) is 81.0 Å². The van der Waals surface area contributed by atoms with Crippen molar-refractivity contribution in [1.29, 1.82) is 0 Å². The monoisotopic (exact) mass is 484 g/mol. The summed E-state index contributed by atoms with van der Waals surface area (Å²) in [7, 11) is 0. The number of likely N-dealkylation sites (tertiary alicyclic amines) is 1. The molecule has 3 aromatic rings. The lowest BCUT2D eigenvalue weighted by Crippen LogP contribution is -2.46. The Balaban J connectivity index is 1.25. The van der Waals surface area contributed by atoms with Crippen LogP contribution in [0, 0.1) is 5.92 Å². The van der Waals surface area contributed by atoms with E-state index >= 15 is 0 Å². The number of phenols is 1. The number of rotatable bonds is 5. The van der Waals surface area contributed by atoms with Gasteiger partial charge in [0.25, 0.3) is 5.56 Å². The molecule has 0 saturated carbocycles. The van der Waals surface area contributed by atoms with Crippen molar-refractivity contribution in [1.82, 2.24) is 9.47 Å². The zero-order chi connectivity index (χ0) is 24.8. The molecule has 0 radical (unpaired) electrons. The summed E-state index contributed by atoms with van der Waals surface area (Å²) in [5.41, 5.74) is 3.07. The van der Waals surface area contributed by atoms with Gasteiger partial charge in [-0.2, -0.15) is 0 Å². The molecular weight excluding hydrogens is 456 g/mol. The standard InChI is InChI=1S/C29H28N2O5/c1-2-35-21-8-6-18(7-9-21)13-26-28(34)22-10-11-25(32)23(29(22)36-26)17-30-14-19-12-20(16-30)24-4-3-5-27(33)31(24)15-19/h3-11,13,19-20,32H,2,12,14-17H2,1H3/b26-13-/t19-,20-/m0/s1. The van der Waals surface area contributed by atoms with Crippen LogP contribution in [0.2, 0.25) is 0 Å². The van der Waals surface area contributed by atoms with Gasteiger partial charge in [-0.25, -0.2) is 0 Å². The SMILES string of the molecule is CCOc1ccc(/C=C2\Oc3c(ccc(O)c3CN3C[C@@H]4C[C@@H](C3)c3cccc(=O)n3C4)C2=O)cc1. The molecule has 1 N–H and O–H groups in total. The third-order valence-corrected chi connectivity index (χ3v) is 7.34. The normalized spacial score (nSPS) is 21.7. The molecule has 1 fully saturated rings. The number of nitrogens with zero attached hydrogens (tertiary/aromatic N) is 2. The number of pyridine rings is 1. The van der Waals surface area contributed by atoms with Crippen LogP contribution < -0.4 is 15.0 Å². The summed E-state index contributed by atoms with van der Waals surface area (Å²) in [4.78, 5) is 27.7. The number of carbonyl (C=O) groups excluding carboxylic acids is 1. The number of ether oxygens (including phenoxy) is 2. The van der Waals surface area contributed by atoms with Crippen molar-refractivity contribution < 1.29 is 19.4 Å². The van der Waals surface area contributed by atoms with Crippen LogP contribution in [0.25, 0.3) is 6.08 Å². The molecule has 7 nitrogen and oxygen atoms in total. The van der Waals surface area contributed by atoms with Gasteiger partial charge < -0.3 is 19.1 Å². The van der Waals surface area contributed by atoms with Crippen molar-refractivity contribution in [3.8, 4) is 17.2 Å². The largest absolute Gasteiger partial charge is 0.507 e. The number of fused-ring (bicyclic) bond motifs is 5. The minimum atomic E-state index is -0.191. The van der Waals surface area contributed by atoms with Gasteiger partial charge in [-0.15, -0.1) is 0 Å². The zero-order valence-corrected chi connectivity index (χ0v) is 20.1.